The van der Waals surface area contributed by atoms with Crippen LogP contribution in [-0.2, 0) is 19.1 Å². The first-order valence-electron chi connectivity index (χ1n) is 11.4. The van der Waals surface area contributed by atoms with Crippen LogP contribution >= 0.6 is 0 Å². The number of hydrogen-bond acceptors (Lipinski definition) is 10. The molecule has 2 heterocycles. The average Bonchev–Trinajstić information content (AvgIpc) is 3.36. The molecule has 0 amide bonds. The minimum Gasteiger partial charge on any atom is -0.465 e. The third-order valence-electron chi connectivity index (χ3n) is 7.12. The van der Waals surface area contributed by atoms with Crippen LogP contribution in [0.2, 0.25) is 5.31 Å². The molecule has 5 unspecified atom stereocenters. The van der Waals surface area contributed by atoms with E-state index in [0.717, 1.165) is 12.8 Å². The number of nitrogens with zero attached hydrogens (tertiary/aromatic N) is 1. The van der Waals surface area contributed by atoms with E-state index in [9.17, 15) is 19.8 Å². The quantitative estimate of drug-likeness (QED) is 0.0324. The number of nitrogens with one attached hydrogen (secondary N) is 2. The predicted molar refractivity (Wildman–Crippen MR) is 121 cm³/mol. The maximum atomic E-state index is 12.7. The molecule has 1 spiro atoms. The number of hydrazone groups is 1. The number of hydrogen-bond donors (Lipinski definition) is 6. The van der Waals surface area contributed by atoms with Gasteiger partial charge in [0.15, 0.2) is 5.84 Å². The molecule has 13 heteroatoms. The number of nitrogens with two attached hydrogens (primary N) is 2. The van der Waals surface area contributed by atoms with Crippen LogP contribution < -0.4 is 22.4 Å². The van der Waals surface area contributed by atoms with Gasteiger partial charge in [0, 0.05) is 12.8 Å². The van der Waals surface area contributed by atoms with Gasteiger partial charge in [-0.1, -0.05) is 32.0 Å². The summed E-state index contributed by atoms with van der Waals surface area (Å²) < 4.78 is 10.5. The SMILES string of the molecule is [B]C12[B]C13CCC(CC(O)(O)/C(N)=N/NN)CC3CC(C(=O)OCCCOC(=O)C(C)C)N2. The summed E-state index contributed by atoms with van der Waals surface area (Å²) in [5.74, 6) is 1.58. The molecule has 181 valence electrons. The lowest BCUT2D eigenvalue weighted by molar-refractivity contribution is -0.150. The number of aliphatic hydroxyl groups is 2. The van der Waals surface area contributed by atoms with Gasteiger partial charge in [0.25, 0.3) is 0 Å². The van der Waals surface area contributed by atoms with E-state index in [2.05, 4.69) is 17.7 Å². The van der Waals surface area contributed by atoms with Crippen molar-refractivity contribution >= 4 is 32.9 Å². The van der Waals surface area contributed by atoms with Crippen LogP contribution in [0, 0.1) is 17.8 Å². The van der Waals surface area contributed by atoms with Gasteiger partial charge in [0.2, 0.25) is 5.79 Å². The average molecular weight is 462 g/mol. The van der Waals surface area contributed by atoms with Gasteiger partial charge in [0.05, 0.1) is 27.0 Å². The second-order valence-corrected chi connectivity index (χ2v) is 9.81. The predicted octanol–water partition coefficient (Wildman–Crippen LogP) is -1.60. The van der Waals surface area contributed by atoms with Gasteiger partial charge in [-0.2, -0.15) is 0 Å². The Morgan fingerprint density at radius 1 is 1.33 bits per heavy atom. The van der Waals surface area contributed by atoms with E-state index < -0.39 is 29.0 Å². The standard InChI is InChI=1S/C20H34B2N5O6/c1-11(2)15(28)32-6-3-7-33-16(29)14-9-13-8-12(10-19(30,31)17(23)26-27-24)4-5-18(13)20(21,22-18)25-14/h11-14,25,27,30-31H,3-10,24H2,1-2H3,(H2,23,26). The van der Waals surface area contributed by atoms with E-state index in [1.807, 2.05) is 5.53 Å². The van der Waals surface area contributed by atoms with Crippen molar-refractivity contribution in [2.24, 2.45) is 34.4 Å². The van der Waals surface area contributed by atoms with Crippen molar-refractivity contribution in [3.63, 3.8) is 0 Å². The number of carbonyl (C=O) groups excluding carboxylic acids is 2. The Labute approximate surface area is 196 Å². The molecule has 33 heavy (non-hydrogen) atoms. The molecule has 0 aromatic carbocycles. The molecule has 1 aliphatic carbocycles. The van der Waals surface area contributed by atoms with Crippen LogP contribution in [-0.4, -0.2) is 73.5 Å². The molecule has 3 fully saturated rings. The molecule has 3 aliphatic rings. The van der Waals surface area contributed by atoms with E-state index in [1.54, 1.807) is 13.8 Å². The second kappa shape index (κ2) is 9.81. The van der Waals surface area contributed by atoms with E-state index in [4.69, 9.17) is 28.9 Å². The van der Waals surface area contributed by atoms with Crippen molar-refractivity contribution in [2.75, 3.05) is 13.2 Å². The minimum atomic E-state index is -2.28. The van der Waals surface area contributed by atoms with E-state index in [-0.39, 0.29) is 48.7 Å². The van der Waals surface area contributed by atoms with Crippen molar-refractivity contribution in [3.8, 4) is 0 Å². The third-order valence-corrected chi connectivity index (χ3v) is 7.12. The van der Waals surface area contributed by atoms with Crippen molar-refractivity contribution in [2.45, 2.75) is 74.9 Å². The maximum Gasteiger partial charge on any atom is 0.323 e. The largest absolute Gasteiger partial charge is 0.465 e. The normalized spacial score (nSPS) is 33.4. The number of esters is 2. The fourth-order valence-corrected chi connectivity index (χ4v) is 5.28. The first-order valence-corrected chi connectivity index (χ1v) is 11.4. The van der Waals surface area contributed by atoms with Gasteiger partial charge in [-0.3, -0.25) is 9.59 Å². The van der Waals surface area contributed by atoms with Gasteiger partial charge >= 0.3 is 11.9 Å². The fraction of sp³-hybridized carbons (Fsp3) is 0.850. The monoisotopic (exact) mass is 462 g/mol. The Hall–Kier alpha value is -1.82. The Morgan fingerprint density at radius 2 is 2.03 bits per heavy atom. The van der Waals surface area contributed by atoms with Crippen LogP contribution in [0.4, 0.5) is 0 Å². The number of rotatable bonds is 10. The maximum absolute atomic E-state index is 12.7. The zero-order valence-electron chi connectivity index (χ0n) is 19.3. The van der Waals surface area contributed by atoms with Crippen molar-refractivity contribution in [3.05, 3.63) is 0 Å². The molecule has 8 N–H and O–H groups in total. The minimum absolute atomic E-state index is 0.00576. The second-order valence-electron chi connectivity index (χ2n) is 9.81. The molecule has 1 saturated carbocycles. The van der Waals surface area contributed by atoms with Crippen LogP contribution in [0.25, 0.3) is 0 Å². The third kappa shape index (κ3) is 5.47. The first-order chi connectivity index (χ1) is 15.4. The van der Waals surface area contributed by atoms with Crippen LogP contribution in [0.1, 0.15) is 52.4 Å². The summed E-state index contributed by atoms with van der Waals surface area (Å²) in [6.45, 7) is 3.85. The van der Waals surface area contributed by atoms with Crippen molar-refractivity contribution in [1.29, 1.82) is 0 Å². The molecule has 5 atom stereocenters. The molecule has 2 saturated heterocycles. The summed E-state index contributed by atoms with van der Waals surface area (Å²) in [7, 11) is 8.59. The molecule has 0 aromatic heterocycles. The van der Waals surface area contributed by atoms with Gasteiger partial charge < -0.3 is 30.7 Å². The van der Waals surface area contributed by atoms with Gasteiger partial charge in [-0.15, -0.1) is 5.10 Å². The van der Waals surface area contributed by atoms with Gasteiger partial charge in [0.1, 0.15) is 13.3 Å². The van der Waals surface area contributed by atoms with Gasteiger partial charge in [-0.25, -0.2) is 11.4 Å². The summed E-state index contributed by atoms with van der Waals surface area (Å²) >= 11 is 0. The fourth-order valence-electron chi connectivity index (χ4n) is 5.28. The molecule has 11 nitrogen and oxygen atoms in total. The summed E-state index contributed by atoms with van der Waals surface area (Å²) in [6.07, 6.45) is 3.14. The summed E-state index contributed by atoms with van der Waals surface area (Å²) in [5.41, 5.74) is 7.57. The Morgan fingerprint density at radius 3 is 2.70 bits per heavy atom. The number of piperidine rings is 1. The van der Waals surface area contributed by atoms with Crippen LogP contribution in [0.3, 0.4) is 0 Å². The molecule has 3 radical (unpaired) electrons. The van der Waals surface area contributed by atoms with Gasteiger partial charge in [-0.05, 0) is 30.0 Å². The van der Waals surface area contributed by atoms with E-state index in [0.29, 0.717) is 19.3 Å². The van der Waals surface area contributed by atoms with Crippen LogP contribution in [0.5, 0.6) is 0 Å². The smallest absolute Gasteiger partial charge is 0.323 e. The van der Waals surface area contributed by atoms with Crippen molar-refractivity contribution < 1.29 is 29.3 Å². The zero-order chi connectivity index (χ0) is 24.4. The molecule has 0 bridgehead atoms. The first kappa shape index (κ1) is 25.8. The molecule has 0 aromatic rings. The molecular weight excluding hydrogens is 428 g/mol. The summed E-state index contributed by atoms with van der Waals surface area (Å²) in [6, 6.07) is -0.565. The highest BCUT2D eigenvalue weighted by Gasteiger charge is 2.71. The number of amidine groups is 1. The van der Waals surface area contributed by atoms with E-state index in [1.165, 1.54) is 0 Å². The number of carbonyl (C=O) groups is 2. The zero-order valence-corrected chi connectivity index (χ0v) is 19.3. The Kier molecular flexibility index (Phi) is 7.67. The Bertz CT molecular complexity index is 784. The van der Waals surface area contributed by atoms with E-state index >= 15 is 0 Å². The molecule has 2 aliphatic heterocycles. The highest BCUT2D eigenvalue weighted by atomic mass is 16.5. The lowest BCUT2D eigenvalue weighted by Crippen LogP contribution is -2.55. The lowest BCUT2D eigenvalue weighted by atomic mass is 9.60. The highest BCUT2D eigenvalue weighted by molar-refractivity contribution is 6.72. The Balaban J connectivity index is 1.52. The molecular formula is C20H34B2N5O6. The topological polar surface area (TPSA) is 182 Å². The lowest BCUT2D eigenvalue weighted by Gasteiger charge is -2.47. The number of hydrazine groups is 1. The van der Waals surface area contributed by atoms with Crippen LogP contribution in [0.15, 0.2) is 5.10 Å². The van der Waals surface area contributed by atoms with Crippen molar-refractivity contribution in [1.82, 2.24) is 10.9 Å². The summed E-state index contributed by atoms with van der Waals surface area (Å²) in [5, 5.41) is 26.3. The summed E-state index contributed by atoms with van der Waals surface area (Å²) in [4.78, 5) is 24.1. The number of ether oxygens (including phenoxy) is 2. The highest BCUT2D eigenvalue weighted by Crippen LogP contribution is 2.69. The molecule has 3 rings (SSSR count).